The van der Waals surface area contributed by atoms with E-state index in [0.717, 1.165) is 29.1 Å². The number of halogens is 6. The van der Waals surface area contributed by atoms with Gasteiger partial charge in [-0.2, -0.15) is 23.3 Å². The lowest BCUT2D eigenvalue weighted by atomic mass is 10.2. The molecule has 0 aliphatic rings. The van der Waals surface area contributed by atoms with Crippen molar-refractivity contribution in [3.05, 3.63) is 54.0 Å². The van der Waals surface area contributed by atoms with E-state index in [1.165, 1.54) is 18.3 Å². The molecular weight excluding hydrogens is 406 g/mol. The molecule has 0 radical (unpaired) electrons. The Kier molecular flexibility index (Phi) is 5.36. The molecule has 0 bridgehead atoms. The summed E-state index contributed by atoms with van der Waals surface area (Å²) in [5, 5.41) is 3.38. The van der Waals surface area contributed by atoms with Crippen molar-refractivity contribution < 1.29 is 35.8 Å². The largest absolute Gasteiger partial charge is 0.573 e. The molecule has 2 aromatic heterocycles. The third-order valence-corrected chi connectivity index (χ3v) is 3.53. The fourth-order valence-electron chi connectivity index (χ4n) is 2.26. The minimum absolute atomic E-state index is 0.0115. The van der Waals surface area contributed by atoms with E-state index in [4.69, 9.17) is 4.74 Å². The Labute approximate surface area is 159 Å². The average Bonchev–Trinajstić information content (AvgIpc) is 3.11. The Morgan fingerprint density at radius 2 is 1.76 bits per heavy atom. The second-order valence-electron chi connectivity index (χ2n) is 5.62. The molecule has 0 aliphatic carbocycles. The fraction of sp³-hybridized carbons (Fsp3) is 0.235. The van der Waals surface area contributed by atoms with E-state index < -0.39 is 24.0 Å². The van der Waals surface area contributed by atoms with Gasteiger partial charge in [0.05, 0.1) is 0 Å². The number of hydrogen-bond acceptors (Lipinski definition) is 5. The van der Waals surface area contributed by atoms with Gasteiger partial charge in [-0.05, 0) is 24.6 Å². The number of hydrogen-bond donors (Lipinski definition) is 0. The summed E-state index contributed by atoms with van der Waals surface area (Å²) in [5.41, 5.74) is -0.640. The summed E-state index contributed by atoms with van der Waals surface area (Å²) >= 11 is 0. The second kappa shape index (κ2) is 7.60. The molecular formula is C17H12F6N4O2. The van der Waals surface area contributed by atoms with Crippen LogP contribution in [-0.2, 0) is 12.6 Å². The fourth-order valence-corrected chi connectivity index (χ4v) is 2.26. The van der Waals surface area contributed by atoms with Crippen molar-refractivity contribution >= 4 is 0 Å². The predicted octanol–water partition coefficient (Wildman–Crippen LogP) is 4.93. The lowest BCUT2D eigenvalue weighted by molar-refractivity contribution is -0.274. The van der Waals surface area contributed by atoms with Crippen LogP contribution in [0.3, 0.4) is 0 Å². The molecule has 1 aromatic carbocycles. The summed E-state index contributed by atoms with van der Waals surface area (Å²) in [4.78, 5) is 8.00. The summed E-state index contributed by atoms with van der Waals surface area (Å²) in [6.07, 6.45) is -6.73. The smallest absolute Gasteiger partial charge is 0.438 e. The first-order valence-electron chi connectivity index (χ1n) is 8.08. The molecule has 2 heterocycles. The molecule has 0 aliphatic heterocycles. The van der Waals surface area contributed by atoms with Gasteiger partial charge in [-0.15, -0.1) is 13.2 Å². The van der Waals surface area contributed by atoms with Gasteiger partial charge in [-0.3, -0.25) is 0 Å². The maximum absolute atomic E-state index is 12.7. The van der Waals surface area contributed by atoms with Gasteiger partial charge in [0, 0.05) is 24.0 Å². The maximum Gasteiger partial charge on any atom is 0.573 e. The van der Waals surface area contributed by atoms with Gasteiger partial charge in [-0.25, -0.2) is 9.67 Å². The van der Waals surface area contributed by atoms with Crippen LogP contribution in [0.15, 0.2) is 42.7 Å². The van der Waals surface area contributed by atoms with Crippen molar-refractivity contribution in [2.45, 2.75) is 25.9 Å². The highest BCUT2D eigenvalue weighted by Gasteiger charge is 2.34. The number of benzene rings is 1. The molecule has 0 spiro atoms. The van der Waals surface area contributed by atoms with Crippen LogP contribution in [0, 0.1) is 0 Å². The normalized spacial score (nSPS) is 12.1. The summed E-state index contributed by atoms with van der Waals surface area (Å²) in [5.74, 6) is -0.743. The first kappa shape index (κ1) is 20.4. The molecule has 12 heteroatoms. The van der Waals surface area contributed by atoms with E-state index >= 15 is 0 Å². The Balaban J connectivity index is 1.90. The molecule has 0 saturated carbocycles. The van der Waals surface area contributed by atoms with E-state index in [-0.39, 0.29) is 17.6 Å². The van der Waals surface area contributed by atoms with Crippen molar-refractivity contribution in [1.29, 1.82) is 0 Å². The Morgan fingerprint density at radius 1 is 1.03 bits per heavy atom. The monoisotopic (exact) mass is 418 g/mol. The Morgan fingerprint density at radius 3 is 2.38 bits per heavy atom. The molecule has 0 amide bonds. The minimum Gasteiger partial charge on any atom is -0.438 e. The SMILES string of the molecule is CCc1cnc(-n2ccc(C(F)(F)F)n2)nc1Oc1cccc(OC(F)(F)F)c1. The highest BCUT2D eigenvalue weighted by molar-refractivity contribution is 5.38. The van der Waals surface area contributed by atoms with E-state index in [9.17, 15) is 26.3 Å². The van der Waals surface area contributed by atoms with Gasteiger partial charge in [-0.1, -0.05) is 13.0 Å². The summed E-state index contributed by atoms with van der Waals surface area (Å²) in [7, 11) is 0. The quantitative estimate of drug-likeness (QED) is 0.550. The first-order valence-corrected chi connectivity index (χ1v) is 8.08. The zero-order chi connectivity index (χ0) is 21.2. The van der Waals surface area contributed by atoms with Crippen LogP contribution < -0.4 is 9.47 Å². The number of alkyl halides is 6. The first-order chi connectivity index (χ1) is 13.5. The van der Waals surface area contributed by atoms with E-state index in [2.05, 4.69) is 19.8 Å². The van der Waals surface area contributed by atoms with E-state index in [1.54, 1.807) is 6.92 Å². The standard InChI is InChI=1S/C17H12F6N4O2/c1-2-10-9-24-15(27-7-6-13(26-27)16(18,19)20)25-14(10)28-11-4-3-5-12(8-11)29-17(21,22)23/h3-9H,2H2,1H3. The number of aryl methyl sites for hydroxylation is 1. The molecule has 0 unspecified atom stereocenters. The maximum atomic E-state index is 12.7. The molecule has 6 nitrogen and oxygen atoms in total. The van der Waals surface area contributed by atoms with Crippen LogP contribution in [0.4, 0.5) is 26.3 Å². The van der Waals surface area contributed by atoms with Crippen molar-refractivity contribution in [2.24, 2.45) is 0 Å². The van der Waals surface area contributed by atoms with Crippen LogP contribution >= 0.6 is 0 Å². The number of ether oxygens (including phenoxy) is 2. The van der Waals surface area contributed by atoms with Gasteiger partial charge in [0.25, 0.3) is 5.95 Å². The summed E-state index contributed by atoms with van der Waals surface area (Å²) in [6.45, 7) is 1.75. The highest BCUT2D eigenvalue weighted by Crippen LogP contribution is 2.30. The van der Waals surface area contributed by atoms with Crippen molar-refractivity contribution in [3.8, 4) is 23.3 Å². The summed E-state index contributed by atoms with van der Waals surface area (Å²) < 4.78 is 85.5. The van der Waals surface area contributed by atoms with Gasteiger partial charge < -0.3 is 9.47 Å². The number of aromatic nitrogens is 4. The molecule has 3 rings (SSSR count). The molecule has 154 valence electrons. The van der Waals surface area contributed by atoms with Crippen LogP contribution in [-0.4, -0.2) is 26.1 Å². The van der Waals surface area contributed by atoms with Crippen molar-refractivity contribution in [2.75, 3.05) is 0 Å². The summed E-state index contributed by atoms with van der Waals surface area (Å²) in [6, 6.07) is 5.52. The molecule has 0 saturated heterocycles. The zero-order valence-corrected chi connectivity index (χ0v) is 14.6. The number of nitrogens with zero attached hydrogens (tertiary/aromatic N) is 4. The third kappa shape index (κ3) is 5.15. The molecule has 3 aromatic rings. The van der Waals surface area contributed by atoms with Crippen LogP contribution in [0.1, 0.15) is 18.2 Å². The molecule has 0 N–H and O–H groups in total. The van der Waals surface area contributed by atoms with Crippen molar-refractivity contribution in [3.63, 3.8) is 0 Å². The highest BCUT2D eigenvalue weighted by atomic mass is 19.4. The number of rotatable bonds is 5. The van der Waals surface area contributed by atoms with Gasteiger partial charge in [0.2, 0.25) is 5.88 Å². The molecule has 29 heavy (non-hydrogen) atoms. The predicted molar refractivity (Wildman–Crippen MR) is 86.7 cm³/mol. The molecule has 0 atom stereocenters. The zero-order valence-electron chi connectivity index (χ0n) is 14.6. The second-order valence-corrected chi connectivity index (χ2v) is 5.62. The van der Waals surface area contributed by atoms with Crippen LogP contribution in [0.2, 0.25) is 0 Å². The minimum atomic E-state index is -4.87. The lowest BCUT2D eigenvalue weighted by Crippen LogP contribution is -2.17. The third-order valence-electron chi connectivity index (χ3n) is 3.53. The van der Waals surface area contributed by atoms with E-state index in [0.29, 0.717) is 12.0 Å². The van der Waals surface area contributed by atoms with Gasteiger partial charge >= 0.3 is 12.5 Å². The average molecular weight is 418 g/mol. The van der Waals surface area contributed by atoms with Crippen LogP contribution in [0.25, 0.3) is 5.95 Å². The van der Waals surface area contributed by atoms with Crippen molar-refractivity contribution in [1.82, 2.24) is 19.7 Å². The topological polar surface area (TPSA) is 62.1 Å². The Bertz CT molecular complexity index is 1000. The molecule has 0 fully saturated rings. The van der Waals surface area contributed by atoms with Gasteiger partial charge in [0.15, 0.2) is 5.69 Å². The Hall–Kier alpha value is -3.31. The van der Waals surface area contributed by atoms with Crippen LogP contribution in [0.5, 0.6) is 17.4 Å². The van der Waals surface area contributed by atoms with Gasteiger partial charge in [0.1, 0.15) is 11.5 Å². The van der Waals surface area contributed by atoms with E-state index in [1.807, 2.05) is 0 Å². The lowest BCUT2D eigenvalue weighted by Gasteiger charge is -2.12.